The summed E-state index contributed by atoms with van der Waals surface area (Å²) in [5.41, 5.74) is 1.70. The van der Waals surface area contributed by atoms with Gasteiger partial charge < -0.3 is 19.5 Å². The summed E-state index contributed by atoms with van der Waals surface area (Å²) in [4.78, 5) is 41.5. The molecule has 0 bridgehead atoms. The number of rotatable bonds is 7. The number of aromatic nitrogens is 1. The number of halogens is 1. The first-order valence-corrected chi connectivity index (χ1v) is 11.3. The molecular weight excluding hydrogens is 443 g/mol. The van der Waals surface area contributed by atoms with Crippen LogP contribution in [0.25, 0.3) is 0 Å². The second-order valence-corrected chi connectivity index (χ2v) is 8.21. The van der Waals surface area contributed by atoms with E-state index in [4.69, 9.17) is 14.2 Å². The quantitative estimate of drug-likeness (QED) is 0.484. The van der Waals surface area contributed by atoms with Gasteiger partial charge in [0, 0.05) is 24.6 Å². The van der Waals surface area contributed by atoms with Crippen molar-refractivity contribution < 1.29 is 33.0 Å². The first-order valence-electron chi connectivity index (χ1n) is 11.3. The minimum Gasteiger partial charge on any atom is -0.493 e. The molecule has 1 aliphatic rings. The maximum Gasteiger partial charge on any atom is 0.328 e. The molecule has 0 saturated heterocycles. The third-order valence-electron chi connectivity index (χ3n) is 5.86. The predicted molar refractivity (Wildman–Crippen MR) is 121 cm³/mol. The average molecular weight is 473 g/mol. The van der Waals surface area contributed by atoms with Gasteiger partial charge in [0.2, 0.25) is 5.75 Å². The molecule has 0 radical (unpaired) electrons. The number of hydrogen-bond donors (Lipinski definition) is 1. The molecule has 8 nitrogen and oxygen atoms in total. The Morgan fingerprint density at radius 2 is 2.03 bits per heavy atom. The number of fused-ring (bicyclic) bond motifs is 1. The van der Waals surface area contributed by atoms with Crippen molar-refractivity contribution in [1.29, 1.82) is 0 Å². The summed E-state index contributed by atoms with van der Waals surface area (Å²) >= 11 is 0. The van der Waals surface area contributed by atoms with Crippen molar-refractivity contribution in [2.75, 3.05) is 7.11 Å². The van der Waals surface area contributed by atoms with Gasteiger partial charge in [0.05, 0.1) is 7.11 Å². The molecule has 0 fully saturated rings. The Morgan fingerprint density at radius 3 is 2.74 bits per heavy atom. The normalized spacial score (nSPS) is 18.1. The number of carbonyl (C=O) groups is 3. The third kappa shape index (κ3) is 5.70. The molecule has 182 valence electrons. The smallest absolute Gasteiger partial charge is 0.328 e. The lowest BCUT2D eigenvalue weighted by atomic mass is 9.92. The standard InChI is InChI=1S/C25H29FN2O6/c1-5-21(29)34-23-20(32-4)11-12-27-22(23)24(30)28-15(3)25(31)33-19-8-6-7-16-13-17(26)9-10-18(16)14(19)2/h9-15,19H,5-8H2,1-4H3,(H,28,30)/t14?,15-,19?/m0/s1. The minimum atomic E-state index is -0.988. The summed E-state index contributed by atoms with van der Waals surface area (Å²) < 4.78 is 29.8. The Bertz CT molecular complexity index is 1070. The van der Waals surface area contributed by atoms with Crippen molar-refractivity contribution in [3.8, 4) is 11.5 Å². The van der Waals surface area contributed by atoms with Crippen LogP contribution in [0.5, 0.6) is 11.5 Å². The molecule has 2 unspecified atom stereocenters. The van der Waals surface area contributed by atoms with Gasteiger partial charge in [0.1, 0.15) is 18.0 Å². The Labute approximate surface area is 197 Å². The van der Waals surface area contributed by atoms with Crippen LogP contribution in [0.1, 0.15) is 67.6 Å². The van der Waals surface area contributed by atoms with E-state index in [1.54, 1.807) is 13.0 Å². The van der Waals surface area contributed by atoms with E-state index in [-0.39, 0.29) is 35.3 Å². The van der Waals surface area contributed by atoms with Crippen LogP contribution in [0.3, 0.4) is 0 Å². The summed E-state index contributed by atoms with van der Waals surface area (Å²) in [6.07, 6.45) is 3.11. The molecule has 1 aliphatic carbocycles. The molecule has 34 heavy (non-hydrogen) atoms. The molecule has 3 atom stereocenters. The minimum absolute atomic E-state index is 0.0944. The SMILES string of the molecule is CCC(=O)Oc1c(OC)ccnc1C(=O)N[C@@H](C)C(=O)OC1CCCc2cc(F)ccc2C1C. The number of carbonyl (C=O) groups excluding carboxylic acids is 3. The molecule has 1 N–H and O–H groups in total. The number of hydrogen-bond acceptors (Lipinski definition) is 7. The largest absolute Gasteiger partial charge is 0.493 e. The highest BCUT2D eigenvalue weighted by Gasteiger charge is 2.30. The van der Waals surface area contributed by atoms with Crippen molar-refractivity contribution in [2.45, 2.75) is 64.5 Å². The summed E-state index contributed by atoms with van der Waals surface area (Å²) in [5.74, 6) is -2.23. The van der Waals surface area contributed by atoms with E-state index in [0.717, 1.165) is 17.5 Å². The van der Waals surface area contributed by atoms with E-state index >= 15 is 0 Å². The lowest BCUT2D eigenvalue weighted by Crippen LogP contribution is -2.42. The number of ether oxygens (including phenoxy) is 3. The van der Waals surface area contributed by atoms with Crippen LogP contribution in [0.15, 0.2) is 30.5 Å². The first kappa shape index (κ1) is 25.1. The van der Waals surface area contributed by atoms with Gasteiger partial charge in [-0.2, -0.15) is 0 Å². The maximum atomic E-state index is 13.6. The molecular formula is C25H29FN2O6. The zero-order chi connectivity index (χ0) is 24.8. The Hall–Kier alpha value is -3.49. The van der Waals surface area contributed by atoms with Crippen molar-refractivity contribution in [2.24, 2.45) is 0 Å². The van der Waals surface area contributed by atoms with Crippen molar-refractivity contribution >= 4 is 17.8 Å². The van der Waals surface area contributed by atoms with Crippen LogP contribution in [0.4, 0.5) is 4.39 Å². The van der Waals surface area contributed by atoms with Crippen molar-refractivity contribution in [3.05, 3.63) is 53.1 Å². The maximum absolute atomic E-state index is 13.6. The van der Waals surface area contributed by atoms with Gasteiger partial charge in [-0.1, -0.05) is 19.9 Å². The average Bonchev–Trinajstić information content (AvgIpc) is 2.97. The van der Waals surface area contributed by atoms with E-state index in [9.17, 15) is 18.8 Å². The molecule has 0 saturated carbocycles. The molecule has 1 heterocycles. The summed E-state index contributed by atoms with van der Waals surface area (Å²) in [7, 11) is 1.38. The molecule has 9 heteroatoms. The van der Waals surface area contributed by atoms with Crippen LogP contribution in [0.2, 0.25) is 0 Å². The highest BCUT2D eigenvalue weighted by molar-refractivity contribution is 5.98. The van der Waals surface area contributed by atoms with E-state index in [1.165, 1.54) is 38.4 Å². The highest BCUT2D eigenvalue weighted by atomic mass is 19.1. The highest BCUT2D eigenvalue weighted by Crippen LogP contribution is 2.33. The fourth-order valence-corrected chi connectivity index (χ4v) is 3.95. The van der Waals surface area contributed by atoms with E-state index < -0.39 is 30.0 Å². The lowest BCUT2D eigenvalue weighted by molar-refractivity contribution is -0.152. The van der Waals surface area contributed by atoms with E-state index in [0.29, 0.717) is 12.8 Å². The van der Waals surface area contributed by atoms with Gasteiger partial charge in [-0.25, -0.2) is 14.2 Å². The molecule has 1 amide bonds. The van der Waals surface area contributed by atoms with Crippen LogP contribution in [0, 0.1) is 5.82 Å². The fourth-order valence-electron chi connectivity index (χ4n) is 3.95. The number of amides is 1. The number of pyridine rings is 1. The number of nitrogens with one attached hydrogen (secondary N) is 1. The lowest BCUT2D eigenvalue weighted by Gasteiger charge is -2.25. The monoisotopic (exact) mass is 472 g/mol. The number of benzene rings is 1. The van der Waals surface area contributed by atoms with Gasteiger partial charge >= 0.3 is 11.9 Å². The molecule has 0 aliphatic heterocycles. The molecule has 0 spiro atoms. The second-order valence-electron chi connectivity index (χ2n) is 8.21. The first-order chi connectivity index (χ1) is 16.2. The van der Waals surface area contributed by atoms with E-state index in [2.05, 4.69) is 10.3 Å². The molecule has 3 rings (SSSR count). The van der Waals surface area contributed by atoms with Crippen LogP contribution in [-0.2, 0) is 20.7 Å². The Morgan fingerprint density at radius 1 is 1.26 bits per heavy atom. The Kier molecular flexibility index (Phi) is 8.20. The number of esters is 2. The number of aryl methyl sites for hydroxylation is 1. The summed E-state index contributed by atoms with van der Waals surface area (Å²) in [5, 5.41) is 2.55. The van der Waals surface area contributed by atoms with Crippen LogP contribution < -0.4 is 14.8 Å². The zero-order valence-corrected chi connectivity index (χ0v) is 19.7. The van der Waals surface area contributed by atoms with Gasteiger partial charge in [-0.15, -0.1) is 0 Å². The van der Waals surface area contributed by atoms with Gasteiger partial charge in [-0.3, -0.25) is 9.59 Å². The Balaban J connectivity index is 1.71. The van der Waals surface area contributed by atoms with Gasteiger partial charge in [-0.05, 0) is 49.4 Å². The number of nitrogens with zero attached hydrogens (tertiary/aromatic N) is 1. The van der Waals surface area contributed by atoms with Crippen LogP contribution in [-0.4, -0.2) is 42.1 Å². The second kappa shape index (κ2) is 11.1. The van der Waals surface area contributed by atoms with Crippen LogP contribution >= 0.6 is 0 Å². The molecule has 1 aromatic heterocycles. The fraction of sp³-hybridized carbons (Fsp3) is 0.440. The van der Waals surface area contributed by atoms with E-state index in [1.807, 2.05) is 6.92 Å². The predicted octanol–water partition coefficient (Wildman–Crippen LogP) is 3.71. The zero-order valence-electron chi connectivity index (χ0n) is 19.7. The van der Waals surface area contributed by atoms with Gasteiger partial charge in [0.25, 0.3) is 5.91 Å². The topological polar surface area (TPSA) is 104 Å². The molecule has 1 aromatic carbocycles. The third-order valence-corrected chi connectivity index (χ3v) is 5.86. The van der Waals surface area contributed by atoms with Crippen molar-refractivity contribution in [3.63, 3.8) is 0 Å². The number of methoxy groups -OCH3 is 1. The van der Waals surface area contributed by atoms with Crippen molar-refractivity contribution in [1.82, 2.24) is 10.3 Å². The summed E-state index contributed by atoms with van der Waals surface area (Å²) in [6.45, 7) is 5.06. The summed E-state index contributed by atoms with van der Waals surface area (Å²) in [6, 6.07) is 5.15. The van der Waals surface area contributed by atoms with Gasteiger partial charge in [0.15, 0.2) is 11.4 Å². The molecule has 2 aromatic rings.